The second kappa shape index (κ2) is 5.84. The molecule has 2 rings (SSSR count). The predicted molar refractivity (Wildman–Crippen MR) is 76.9 cm³/mol. The standard InChI is InChI=1S/C13H6Cl4F2/c14-6-1-2-8(13(18)19)9(5-6)7-3-4-10(15)12(17)11(7)16/h1-5,13H. The van der Waals surface area contributed by atoms with Gasteiger partial charge in [-0.15, -0.1) is 0 Å². The molecule has 0 atom stereocenters. The summed E-state index contributed by atoms with van der Waals surface area (Å²) >= 11 is 23.6. The van der Waals surface area contributed by atoms with Crippen LogP contribution in [0, 0.1) is 0 Å². The molecule has 0 fully saturated rings. The summed E-state index contributed by atoms with van der Waals surface area (Å²) < 4.78 is 26.0. The first-order valence-corrected chi connectivity index (χ1v) is 6.64. The van der Waals surface area contributed by atoms with Crippen LogP contribution >= 0.6 is 46.4 Å². The fourth-order valence-corrected chi connectivity index (χ4v) is 2.50. The first-order chi connectivity index (χ1) is 8.91. The van der Waals surface area contributed by atoms with Crippen molar-refractivity contribution in [3.63, 3.8) is 0 Å². The molecule has 0 spiro atoms. The van der Waals surface area contributed by atoms with Gasteiger partial charge in [0.1, 0.15) is 0 Å². The highest BCUT2D eigenvalue weighted by Gasteiger charge is 2.18. The van der Waals surface area contributed by atoms with Gasteiger partial charge in [0.25, 0.3) is 6.43 Å². The predicted octanol–water partition coefficient (Wildman–Crippen LogP) is 6.90. The summed E-state index contributed by atoms with van der Waals surface area (Å²) in [5, 5.41) is 0.844. The zero-order valence-corrected chi connectivity index (χ0v) is 12.3. The topological polar surface area (TPSA) is 0 Å². The maximum absolute atomic E-state index is 13.0. The van der Waals surface area contributed by atoms with Crippen LogP contribution in [0.4, 0.5) is 8.78 Å². The molecule has 0 nitrogen and oxygen atoms in total. The molecule has 0 aromatic heterocycles. The molecule has 2 aromatic carbocycles. The Balaban J connectivity index is 2.71. The monoisotopic (exact) mass is 340 g/mol. The van der Waals surface area contributed by atoms with Gasteiger partial charge < -0.3 is 0 Å². The van der Waals surface area contributed by atoms with Gasteiger partial charge in [0, 0.05) is 16.1 Å². The van der Waals surface area contributed by atoms with Gasteiger partial charge in [-0.3, -0.25) is 0 Å². The van der Waals surface area contributed by atoms with Crippen molar-refractivity contribution in [1.29, 1.82) is 0 Å². The first-order valence-electron chi connectivity index (χ1n) is 5.13. The van der Waals surface area contributed by atoms with Crippen molar-refractivity contribution in [2.45, 2.75) is 6.43 Å². The summed E-state index contributed by atoms with van der Waals surface area (Å²) in [6, 6.07) is 7.13. The Morgan fingerprint density at radius 3 is 2.11 bits per heavy atom. The Morgan fingerprint density at radius 1 is 0.789 bits per heavy atom. The lowest BCUT2D eigenvalue weighted by molar-refractivity contribution is 0.152. The van der Waals surface area contributed by atoms with Gasteiger partial charge in [0.15, 0.2) is 0 Å². The van der Waals surface area contributed by atoms with Crippen LogP contribution in [-0.4, -0.2) is 0 Å². The lowest BCUT2D eigenvalue weighted by atomic mass is 10.00. The molecule has 0 saturated carbocycles. The third-order valence-electron chi connectivity index (χ3n) is 2.58. The fourth-order valence-electron chi connectivity index (χ4n) is 1.69. The lowest BCUT2D eigenvalue weighted by Gasteiger charge is -2.12. The molecule has 0 aliphatic heterocycles. The molecule has 0 radical (unpaired) electrons. The Labute approximate surface area is 128 Å². The molecule has 2 aromatic rings. The highest BCUT2D eigenvalue weighted by molar-refractivity contribution is 6.49. The van der Waals surface area contributed by atoms with Crippen molar-refractivity contribution in [2.75, 3.05) is 0 Å². The van der Waals surface area contributed by atoms with Crippen molar-refractivity contribution < 1.29 is 8.78 Å². The highest BCUT2D eigenvalue weighted by atomic mass is 35.5. The van der Waals surface area contributed by atoms with Crippen molar-refractivity contribution >= 4 is 46.4 Å². The van der Waals surface area contributed by atoms with Gasteiger partial charge in [0.2, 0.25) is 0 Å². The molecule has 100 valence electrons. The molecule has 19 heavy (non-hydrogen) atoms. The van der Waals surface area contributed by atoms with Gasteiger partial charge >= 0.3 is 0 Å². The van der Waals surface area contributed by atoms with E-state index in [1.54, 1.807) is 0 Å². The van der Waals surface area contributed by atoms with E-state index in [9.17, 15) is 8.78 Å². The van der Waals surface area contributed by atoms with Crippen molar-refractivity contribution in [3.05, 3.63) is 56.0 Å². The van der Waals surface area contributed by atoms with Gasteiger partial charge in [-0.05, 0) is 23.8 Å². The first kappa shape index (κ1) is 14.9. The minimum atomic E-state index is -2.64. The molecular weight excluding hydrogens is 336 g/mol. The van der Waals surface area contributed by atoms with E-state index in [-0.39, 0.29) is 26.2 Å². The number of rotatable bonds is 2. The Hall–Kier alpha value is -0.540. The molecule has 0 amide bonds. The van der Waals surface area contributed by atoms with Crippen molar-refractivity contribution in [1.82, 2.24) is 0 Å². The van der Waals surface area contributed by atoms with Crippen LogP contribution in [0.15, 0.2) is 30.3 Å². The quantitative estimate of drug-likeness (QED) is 0.521. The van der Waals surface area contributed by atoms with E-state index in [1.807, 2.05) is 0 Å². The van der Waals surface area contributed by atoms with Crippen molar-refractivity contribution in [3.8, 4) is 11.1 Å². The summed E-state index contributed by atoms with van der Waals surface area (Å²) in [6.07, 6.45) is -2.64. The second-order valence-electron chi connectivity index (χ2n) is 3.76. The molecule has 0 unspecified atom stereocenters. The van der Waals surface area contributed by atoms with E-state index >= 15 is 0 Å². The third kappa shape index (κ3) is 2.97. The number of alkyl halides is 2. The third-order valence-corrected chi connectivity index (χ3v) is 4.10. The maximum atomic E-state index is 13.0. The smallest absolute Gasteiger partial charge is 0.205 e. The molecule has 6 heteroatoms. The Kier molecular flexibility index (Phi) is 4.57. The number of hydrogen-bond acceptors (Lipinski definition) is 0. The number of halogens is 6. The zero-order chi connectivity index (χ0) is 14.2. The SMILES string of the molecule is FC(F)c1ccc(Cl)cc1-c1ccc(Cl)c(Cl)c1Cl. The average Bonchev–Trinajstić information content (AvgIpc) is 2.35. The minimum Gasteiger partial charge on any atom is -0.205 e. The van der Waals surface area contributed by atoms with Crippen LogP contribution in [0.3, 0.4) is 0 Å². The Morgan fingerprint density at radius 2 is 1.47 bits per heavy atom. The van der Waals surface area contributed by atoms with Crippen LogP contribution in [0.1, 0.15) is 12.0 Å². The van der Waals surface area contributed by atoms with Crippen LogP contribution in [0.2, 0.25) is 20.1 Å². The van der Waals surface area contributed by atoms with Crippen LogP contribution in [-0.2, 0) is 0 Å². The van der Waals surface area contributed by atoms with E-state index in [0.717, 1.165) is 0 Å². The van der Waals surface area contributed by atoms with Gasteiger partial charge in [-0.1, -0.05) is 58.5 Å². The fraction of sp³-hybridized carbons (Fsp3) is 0.0769. The normalized spacial score (nSPS) is 11.1. The van der Waals surface area contributed by atoms with E-state index in [4.69, 9.17) is 46.4 Å². The number of hydrogen-bond donors (Lipinski definition) is 0. The van der Waals surface area contributed by atoms with Crippen molar-refractivity contribution in [2.24, 2.45) is 0 Å². The average molecular weight is 342 g/mol. The Bertz CT molecular complexity index is 626. The summed E-state index contributed by atoms with van der Waals surface area (Å²) in [7, 11) is 0. The van der Waals surface area contributed by atoms with E-state index in [0.29, 0.717) is 10.6 Å². The summed E-state index contributed by atoms with van der Waals surface area (Å²) in [6.45, 7) is 0. The van der Waals surface area contributed by atoms with Gasteiger partial charge in [-0.2, -0.15) is 0 Å². The van der Waals surface area contributed by atoms with E-state index in [2.05, 4.69) is 0 Å². The number of benzene rings is 2. The molecule has 0 N–H and O–H groups in total. The van der Waals surface area contributed by atoms with E-state index in [1.165, 1.54) is 30.3 Å². The lowest BCUT2D eigenvalue weighted by Crippen LogP contribution is -1.91. The van der Waals surface area contributed by atoms with Gasteiger partial charge in [0.05, 0.1) is 15.1 Å². The molecule has 0 saturated heterocycles. The maximum Gasteiger partial charge on any atom is 0.264 e. The highest BCUT2D eigenvalue weighted by Crippen LogP contribution is 2.41. The summed E-state index contributed by atoms with van der Waals surface area (Å²) in [4.78, 5) is 0. The molecule has 0 bridgehead atoms. The largest absolute Gasteiger partial charge is 0.264 e. The van der Waals surface area contributed by atoms with Crippen LogP contribution in [0.5, 0.6) is 0 Å². The van der Waals surface area contributed by atoms with Gasteiger partial charge in [-0.25, -0.2) is 8.78 Å². The summed E-state index contributed by atoms with van der Waals surface area (Å²) in [5.41, 5.74) is 0.449. The summed E-state index contributed by atoms with van der Waals surface area (Å²) in [5.74, 6) is 0. The van der Waals surface area contributed by atoms with E-state index < -0.39 is 6.43 Å². The minimum absolute atomic E-state index is 0.123. The zero-order valence-electron chi connectivity index (χ0n) is 9.23. The second-order valence-corrected chi connectivity index (χ2v) is 5.35. The van der Waals surface area contributed by atoms with Crippen LogP contribution in [0.25, 0.3) is 11.1 Å². The molecular formula is C13H6Cl4F2. The molecule has 0 heterocycles. The van der Waals surface area contributed by atoms with Crippen LogP contribution < -0.4 is 0 Å². The molecule has 0 aliphatic rings. The molecule has 0 aliphatic carbocycles.